The number of hydrogen-bond donors (Lipinski definition) is 2. The molecule has 37 heavy (non-hydrogen) atoms. The number of nitrogens with one attached hydrogen (secondary N) is 1. The maximum atomic E-state index is 12.2. The SMILES string of the molecule is COc1cc(C)c2[nH]ccc2c1CN1CCC(n2cc3ccccc3n2)C[C@@H]1c1ccccc1C(=O)O. The van der Waals surface area contributed by atoms with Crippen molar-refractivity contribution in [1.29, 1.82) is 0 Å². The van der Waals surface area contributed by atoms with E-state index in [9.17, 15) is 9.90 Å². The average Bonchev–Trinajstić information content (AvgIpc) is 3.58. The Kier molecular flexibility index (Phi) is 5.93. The second kappa shape index (κ2) is 9.41. The van der Waals surface area contributed by atoms with E-state index in [1.165, 1.54) is 0 Å². The van der Waals surface area contributed by atoms with Crippen LogP contribution < -0.4 is 4.74 Å². The van der Waals surface area contributed by atoms with E-state index in [2.05, 4.69) is 45.9 Å². The highest BCUT2D eigenvalue weighted by atomic mass is 16.5. The molecular weight excluding hydrogens is 464 g/mol. The summed E-state index contributed by atoms with van der Waals surface area (Å²) in [5, 5.41) is 17.1. The number of rotatable bonds is 6. The number of carboxylic acid groups (broad SMARTS) is 1. The number of ether oxygens (including phenoxy) is 1. The molecule has 0 radical (unpaired) electrons. The van der Waals surface area contributed by atoms with E-state index in [0.717, 1.165) is 63.6 Å². The number of fused-ring (bicyclic) bond motifs is 2. The summed E-state index contributed by atoms with van der Waals surface area (Å²) in [6.07, 6.45) is 5.77. The Bertz CT molecular complexity index is 1570. The Morgan fingerprint density at radius 2 is 1.97 bits per heavy atom. The highest BCUT2D eigenvalue weighted by molar-refractivity contribution is 5.90. The molecule has 3 heterocycles. The first-order chi connectivity index (χ1) is 18.0. The number of H-pyrrole nitrogens is 1. The predicted octanol–water partition coefficient (Wildman–Crippen LogP) is 6.11. The summed E-state index contributed by atoms with van der Waals surface area (Å²) in [6, 6.07) is 19.8. The van der Waals surface area contributed by atoms with Crippen LogP contribution in [0.2, 0.25) is 0 Å². The van der Waals surface area contributed by atoms with Gasteiger partial charge < -0.3 is 14.8 Å². The van der Waals surface area contributed by atoms with Crippen molar-refractivity contribution in [3.63, 3.8) is 0 Å². The molecule has 5 aromatic rings. The molecule has 1 aliphatic rings. The normalized spacial score (nSPS) is 18.4. The number of aromatic nitrogens is 3. The minimum absolute atomic E-state index is 0.0848. The molecule has 1 fully saturated rings. The van der Waals surface area contributed by atoms with Gasteiger partial charge in [0.2, 0.25) is 0 Å². The molecule has 2 atom stereocenters. The number of aryl methyl sites for hydroxylation is 1. The van der Waals surface area contributed by atoms with Gasteiger partial charge in [-0.3, -0.25) is 9.58 Å². The molecule has 0 amide bonds. The number of aromatic amines is 1. The number of methoxy groups -OCH3 is 1. The van der Waals surface area contributed by atoms with Crippen LogP contribution in [0.15, 0.2) is 73.1 Å². The number of nitrogens with zero attached hydrogens (tertiary/aromatic N) is 3. The fourth-order valence-electron chi connectivity index (χ4n) is 5.89. The molecule has 1 saturated heterocycles. The van der Waals surface area contributed by atoms with Crippen LogP contribution in [0, 0.1) is 6.92 Å². The van der Waals surface area contributed by atoms with Gasteiger partial charge in [0.05, 0.1) is 24.2 Å². The largest absolute Gasteiger partial charge is 0.496 e. The molecular formula is C30H30N4O3. The number of likely N-dealkylation sites (tertiary alicyclic amines) is 1. The van der Waals surface area contributed by atoms with Gasteiger partial charge in [0.1, 0.15) is 5.75 Å². The fourth-order valence-corrected chi connectivity index (χ4v) is 5.89. The smallest absolute Gasteiger partial charge is 0.336 e. The monoisotopic (exact) mass is 494 g/mol. The molecule has 188 valence electrons. The van der Waals surface area contributed by atoms with Crippen molar-refractivity contribution >= 4 is 27.8 Å². The Morgan fingerprint density at radius 1 is 1.16 bits per heavy atom. The molecule has 0 saturated carbocycles. The molecule has 1 unspecified atom stereocenters. The lowest BCUT2D eigenvalue weighted by molar-refractivity contribution is 0.0682. The topological polar surface area (TPSA) is 83.4 Å². The lowest BCUT2D eigenvalue weighted by Gasteiger charge is -2.40. The number of piperidine rings is 1. The standard InChI is InChI=1S/C30H30N4O3/c1-19-15-28(37-2)25(23-11-13-31-29(19)23)18-33-14-12-21(34-17-20-7-3-6-10-26(20)32-34)16-27(33)22-8-4-5-9-24(22)30(35)36/h3-11,13,15,17,21,27,31H,12,14,16,18H2,1-2H3,(H,35,36)/t21?,27-/m1/s1. The first-order valence-electron chi connectivity index (χ1n) is 12.7. The molecule has 6 rings (SSSR count). The summed E-state index contributed by atoms with van der Waals surface area (Å²) in [5.74, 6) is -0.0428. The molecule has 7 heteroatoms. The third kappa shape index (κ3) is 4.15. The summed E-state index contributed by atoms with van der Waals surface area (Å²) >= 11 is 0. The quantitative estimate of drug-likeness (QED) is 0.298. The maximum absolute atomic E-state index is 12.2. The summed E-state index contributed by atoms with van der Waals surface area (Å²) in [7, 11) is 1.71. The van der Waals surface area contributed by atoms with Crippen LogP contribution in [0.1, 0.15) is 52.0 Å². The predicted molar refractivity (Wildman–Crippen MR) is 144 cm³/mol. The number of benzene rings is 3. The third-order valence-corrected chi connectivity index (χ3v) is 7.73. The van der Waals surface area contributed by atoms with Gasteiger partial charge in [-0.25, -0.2) is 4.79 Å². The molecule has 0 aliphatic carbocycles. The van der Waals surface area contributed by atoms with Crippen LogP contribution in [-0.4, -0.2) is 44.4 Å². The summed E-state index contributed by atoms with van der Waals surface area (Å²) in [6.45, 7) is 3.54. The van der Waals surface area contributed by atoms with E-state index < -0.39 is 5.97 Å². The minimum atomic E-state index is -0.900. The highest BCUT2D eigenvalue weighted by Crippen LogP contribution is 2.41. The number of carbonyl (C=O) groups is 1. The van der Waals surface area contributed by atoms with Crippen LogP contribution in [0.25, 0.3) is 21.8 Å². The van der Waals surface area contributed by atoms with Gasteiger partial charge in [-0.05, 0) is 55.2 Å². The first-order valence-corrected chi connectivity index (χ1v) is 12.7. The van der Waals surface area contributed by atoms with E-state index >= 15 is 0 Å². The van der Waals surface area contributed by atoms with Gasteiger partial charge in [-0.1, -0.05) is 36.4 Å². The highest BCUT2D eigenvalue weighted by Gasteiger charge is 2.34. The molecule has 2 aromatic heterocycles. The molecule has 0 bridgehead atoms. The molecule has 1 aliphatic heterocycles. The minimum Gasteiger partial charge on any atom is -0.496 e. The third-order valence-electron chi connectivity index (χ3n) is 7.73. The maximum Gasteiger partial charge on any atom is 0.336 e. The van der Waals surface area contributed by atoms with Gasteiger partial charge in [-0.15, -0.1) is 0 Å². The second-order valence-corrected chi connectivity index (χ2v) is 9.87. The van der Waals surface area contributed by atoms with Crippen molar-refractivity contribution in [2.24, 2.45) is 0 Å². The van der Waals surface area contributed by atoms with Crippen molar-refractivity contribution in [2.45, 2.75) is 38.4 Å². The number of hydrogen-bond acceptors (Lipinski definition) is 4. The molecule has 0 spiro atoms. The van der Waals surface area contributed by atoms with E-state index in [4.69, 9.17) is 9.84 Å². The molecule has 7 nitrogen and oxygen atoms in total. The van der Waals surface area contributed by atoms with E-state index in [-0.39, 0.29) is 12.1 Å². The zero-order valence-corrected chi connectivity index (χ0v) is 21.0. The van der Waals surface area contributed by atoms with Crippen LogP contribution >= 0.6 is 0 Å². The Hall–Kier alpha value is -4.10. The van der Waals surface area contributed by atoms with Crippen molar-refractivity contribution < 1.29 is 14.6 Å². The Balaban J connectivity index is 1.41. The van der Waals surface area contributed by atoms with Crippen molar-refractivity contribution in [3.8, 4) is 5.75 Å². The lowest BCUT2D eigenvalue weighted by atomic mass is 9.88. The van der Waals surface area contributed by atoms with E-state index in [1.54, 1.807) is 19.2 Å². The first kappa shape index (κ1) is 23.3. The molecule has 2 N–H and O–H groups in total. The van der Waals surface area contributed by atoms with Crippen molar-refractivity contribution in [2.75, 3.05) is 13.7 Å². The van der Waals surface area contributed by atoms with E-state index in [1.807, 2.05) is 36.5 Å². The van der Waals surface area contributed by atoms with Gasteiger partial charge in [-0.2, -0.15) is 5.10 Å². The summed E-state index contributed by atoms with van der Waals surface area (Å²) in [4.78, 5) is 18.0. The number of aromatic carboxylic acids is 1. The Labute approximate surface area is 215 Å². The summed E-state index contributed by atoms with van der Waals surface area (Å²) in [5.41, 5.74) is 5.53. The average molecular weight is 495 g/mol. The van der Waals surface area contributed by atoms with Gasteiger partial charge >= 0.3 is 5.97 Å². The van der Waals surface area contributed by atoms with Crippen molar-refractivity contribution in [1.82, 2.24) is 19.7 Å². The fraction of sp³-hybridized carbons (Fsp3) is 0.267. The molecule has 3 aromatic carbocycles. The van der Waals surface area contributed by atoms with Crippen LogP contribution in [0.5, 0.6) is 5.75 Å². The zero-order chi connectivity index (χ0) is 25.5. The summed E-state index contributed by atoms with van der Waals surface area (Å²) < 4.78 is 7.90. The van der Waals surface area contributed by atoms with Crippen LogP contribution in [-0.2, 0) is 6.54 Å². The van der Waals surface area contributed by atoms with Gasteiger partial charge in [0.25, 0.3) is 0 Å². The van der Waals surface area contributed by atoms with Crippen molar-refractivity contribution in [3.05, 3.63) is 95.3 Å². The van der Waals surface area contributed by atoms with Gasteiger partial charge in [0.15, 0.2) is 0 Å². The van der Waals surface area contributed by atoms with Crippen LogP contribution in [0.3, 0.4) is 0 Å². The Morgan fingerprint density at radius 3 is 2.78 bits per heavy atom. The second-order valence-electron chi connectivity index (χ2n) is 9.87. The zero-order valence-electron chi connectivity index (χ0n) is 21.0. The lowest BCUT2D eigenvalue weighted by Crippen LogP contribution is -2.38. The van der Waals surface area contributed by atoms with E-state index in [0.29, 0.717) is 12.1 Å². The van der Waals surface area contributed by atoms with Gasteiger partial charge in [0, 0.05) is 53.4 Å². The van der Waals surface area contributed by atoms with Crippen LogP contribution in [0.4, 0.5) is 0 Å². The number of carboxylic acids is 1.